The van der Waals surface area contributed by atoms with Gasteiger partial charge in [-0.2, -0.15) is 0 Å². The highest BCUT2D eigenvalue weighted by atomic mass is 16.2. The predicted molar refractivity (Wildman–Crippen MR) is 36.0 cm³/mol. The Balaban J connectivity index is 2.25. The summed E-state index contributed by atoms with van der Waals surface area (Å²) in [5.41, 5.74) is 0. The number of hydrogen-bond acceptors (Lipinski definition) is 1. The van der Waals surface area contributed by atoms with E-state index in [1.54, 1.807) is 4.90 Å². The number of hydrogen-bond donors (Lipinski definition) is 0. The van der Waals surface area contributed by atoms with E-state index >= 15 is 0 Å². The minimum absolute atomic E-state index is 0.330. The molecule has 0 aromatic carbocycles. The van der Waals surface area contributed by atoms with Crippen LogP contribution in [0, 0.1) is 5.92 Å². The van der Waals surface area contributed by atoms with Crippen molar-refractivity contribution in [2.45, 2.75) is 19.8 Å². The zero-order valence-electron chi connectivity index (χ0n) is 6.05. The highest BCUT2D eigenvalue weighted by molar-refractivity contribution is 5.84. The number of carbonyl (C=O) groups is 1. The number of β-lactam (4-membered cyclic amide) rings is 1. The Kier molecular flexibility index (Phi) is 1.74. The molecule has 2 heteroatoms. The minimum atomic E-state index is 0.330. The molecular formula is C7H13NO. The van der Waals surface area contributed by atoms with Gasteiger partial charge in [0.2, 0.25) is 5.91 Å². The first-order valence-corrected chi connectivity index (χ1v) is 3.50. The van der Waals surface area contributed by atoms with Crippen LogP contribution in [0.4, 0.5) is 0 Å². The van der Waals surface area contributed by atoms with Crippen molar-refractivity contribution in [3.8, 4) is 0 Å². The third-order valence-electron chi connectivity index (χ3n) is 1.86. The quantitative estimate of drug-likeness (QED) is 0.504. The van der Waals surface area contributed by atoms with Gasteiger partial charge in [-0.1, -0.05) is 13.3 Å². The van der Waals surface area contributed by atoms with Crippen molar-refractivity contribution in [1.82, 2.24) is 4.90 Å². The van der Waals surface area contributed by atoms with Gasteiger partial charge < -0.3 is 4.90 Å². The molecule has 9 heavy (non-hydrogen) atoms. The van der Waals surface area contributed by atoms with Crippen LogP contribution >= 0.6 is 0 Å². The van der Waals surface area contributed by atoms with Gasteiger partial charge in [0.05, 0.1) is 5.92 Å². The molecule has 0 spiro atoms. The fraction of sp³-hybridized carbons (Fsp3) is 0.857. The largest absolute Gasteiger partial charge is 0.345 e. The minimum Gasteiger partial charge on any atom is -0.345 e. The fourth-order valence-electron chi connectivity index (χ4n) is 1.26. The molecule has 0 N–H and O–H groups in total. The maximum Gasteiger partial charge on any atom is 0.227 e. The standard InChI is InChI=1S/C7H13NO/c1-3-4-6-5-8(2)7(6)9/h6H,3-5H2,1-2H3. The second kappa shape index (κ2) is 2.38. The van der Waals surface area contributed by atoms with Gasteiger partial charge in [0.1, 0.15) is 0 Å². The van der Waals surface area contributed by atoms with Crippen molar-refractivity contribution in [2.75, 3.05) is 13.6 Å². The molecule has 1 unspecified atom stereocenters. The van der Waals surface area contributed by atoms with Gasteiger partial charge in [-0.3, -0.25) is 4.79 Å². The molecule has 1 heterocycles. The van der Waals surface area contributed by atoms with Crippen molar-refractivity contribution < 1.29 is 4.79 Å². The Morgan fingerprint density at radius 2 is 2.44 bits per heavy atom. The molecule has 0 saturated carbocycles. The lowest BCUT2D eigenvalue weighted by Crippen LogP contribution is -2.49. The van der Waals surface area contributed by atoms with Crippen LogP contribution in [0.2, 0.25) is 0 Å². The molecule has 0 aromatic heterocycles. The third kappa shape index (κ3) is 1.07. The molecule has 0 aromatic rings. The number of rotatable bonds is 2. The molecule has 52 valence electrons. The Hall–Kier alpha value is -0.530. The maximum atomic E-state index is 10.9. The Morgan fingerprint density at radius 1 is 1.78 bits per heavy atom. The van der Waals surface area contributed by atoms with Gasteiger partial charge in [-0.15, -0.1) is 0 Å². The predicted octanol–water partition coefficient (Wildman–Crippen LogP) is 0.875. The lowest BCUT2D eigenvalue weighted by Gasteiger charge is -2.35. The zero-order valence-corrected chi connectivity index (χ0v) is 6.05. The van der Waals surface area contributed by atoms with Gasteiger partial charge in [0, 0.05) is 13.6 Å². The summed E-state index contributed by atoms with van der Waals surface area (Å²) in [6.45, 7) is 3.10. The van der Waals surface area contributed by atoms with Gasteiger partial charge in [-0.05, 0) is 6.42 Å². The van der Waals surface area contributed by atoms with E-state index in [2.05, 4.69) is 6.92 Å². The van der Waals surface area contributed by atoms with E-state index in [0.717, 1.165) is 19.4 Å². The van der Waals surface area contributed by atoms with E-state index in [0.29, 0.717) is 11.8 Å². The molecule has 1 saturated heterocycles. The van der Waals surface area contributed by atoms with Crippen LogP contribution in [0.3, 0.4) is 0 Å². The van der Waals surface area contributed by atoms with Crippen molar-refractivity contribution in [3.63, 3.8) is 0 Å². The first-order chi connectivity index (χ1) is 4.25. The maximum absolute atomic E-state index is 10.9. The van der Waals surface area contributed by atoms with Crippen LogP contribution in [-0.2, 0) is 4.79 Å². The molecular weight excluding hydrogens is 114 g/mol. The van der Waals surface area contributed by atoms with Crippen molar-refractivity contribution >= 4 is 5.91 Å². The van der Waals surface area contributed by atoms with E-state index < -0.39 is 0 Å². The summed E-state index contributed by atoms with van der Waals surface area (Å²) >= 11 is 0. The molecule has 1 fully saturated rings. The van der Waals surface area contributed by atoms with E-state index in [1.807, 2.05) is 7.05 Å². The van der Waals surface area contributed by atoms with Crippen LogP contribution in [0.25, 0.3) is 0 Å². The summed E-state index contributed by atoms with van der Waals surface area (Å²) in [7, 11) is 1.86. The third-order valence-corrected chi connectivity index (χ3v) is 1.86. The summed E-state index contributed by atoms with van der Waals surface area (Å²) in [5, 5.41) is 0. The molecule has 0 radical (unpaired) electrons. The Bertz CT molecular complexity index is 120. The Morgan fingerprint density at radius 3 is 2.78 bits per heavy atom. The lowest BCUT2D eigenvalue weighted by atomic mass is 9.95. The fourth-order valence-corrected chi connectivity index (χ4v) is 1.26. The first-order valence-electron chi connectivity index (χ1n) is 3.50. The summed E-state index contributed by atoms with van der Waals surface area (Å²) in [5.74, 6) is 0.692. The zero-order chi connectivity index (χ0) is 6.85. The normalized spacial score (nSPS) is 26.2. The van der Waals surface area contributed by atoms with E-state index in [4.69, 9.17) is 0 Å². The van der Waals surface area contributed by atoms with E-state index in [9.17, 15) is 4.79 Å². The van der Waals surface area contributed by atoms with Gasteiger partial charge in [0.15, 0.2) is 0 Å². The molecule has 1 amide bonds. The molecule has 1 atom stereocenters. The number of likely N-dealkylation sites (tertiary alicyclic amines) is 1. The molecule has 1 rings (SSSR count). The van der Waals surface area contributed by atoms with Crippen molar-refractivity contribution in [3.05, 3.63) is 0 Å². The van der Waals surface area contributed by atoms with Crippen LogP contribution in [-0.4, -0.2) is 24.4 Å². The van der Waals surface area contributed by atoms with E-state index in [1.165, 1.54) is 0 Å². The number of carbonyl (C=O) groups excluding carboxylic acids is 1. The summed E-state index contributed by atoms with van der Waals surface area (Å²) < 4.78 is 0. The van der Waals surface area contributed by atoms with Crippen LogP contribution in [0.1, 0.15) is 19.8 Å². The molecule has 1 aliphatic rings. The van der Waals surface area contributed by atoms with Crippen LogP contribution in [0.5, 0.6) is 0 Å². The lowest BCUT2D eigenvalue weighted by molar-refractivity contribution is -0.145. The molecule has 2 nitrogen and oxygen atoms in total. The number of amides is 1. The van der Waals surface area contributed by atoms with Gasteiger partial charge >= 0.3 is 0 Å². The topological polar surface area (TPSA) is 20.3 Å². The van der Waals surface area contributed by atoms with E-state index in [-0.39, 0.29) is 0 Å². The summed E-state index contributed by atoms with van der Waals surface area (Å²) in [4.78, 5) is 12.7. The number of nitrogens with zero attached hydrogens (tertiary/aromatic N) is 1. The van der Waals surface area contributed by atoms with Crippen molar-refractivity contribution in [1.29, 1.82) is 0 Å². The smallest absolute Gasteiger partial charge is 0.227 e. The second-order valence-electron chi connectivity index (χ2n) is 2.70. The average Bonchev–Trinajstić information content (AvgIpc) is 1.88. The average molecular weight is 127 g/mol. The Labute approximate surface area is 55.8 Å². The highest BCUT2D eigenvalue weighted by Gasteiger charge is 2.32. The van der Waals surface area contributed by atoms with Crippen LogP contribution < -0.4 is 0 Å². The molecule has 1 aliphatic heterocycles. The van der Waals surface area contributed by atoms with Crippen LogP contribution in [0.15, 0.2) is 0 Å². The monoisotopic (exact) mass is 127 g/mol. The highest BCUT2D eigenvalue weighted by Crippen LogP contribution is 2.19. The molecule has 0 bridgehead atoms. The molecule has 0 aliphatic carbocycles. The second-order valence-corrected chi connectivity index (χ2v) is 2.70. The van der Waals surface area contributed by atoms with Gasteiger partial charge in [0.25, 0.3) is 0 Å². The summed E-state index contributed by atoms with van der Waals surface area (Å²) in [6.07, 6.45) is 2.20. The first kappa shape index (κ1) is 6.59. The summed E-state index contributed by atoms with van der Waals surface area (Å²) in [6, 6.07) is 0. The van der Waals surface area contributed by atoms with Gasteiger partial charge in [-0.25, -0.2) is 0 Å². The SMILES string of the molecule is CCCC1CN(C)C1=O. The van der Waals surface area contributed by atoms with Crippen molar-refractivity contribution in [2.24, 2.45) is 5.92 Å².